The molecule has 0 bridgehead atoms. The molecule has 1 aliphatic rings. The van der Waals surface area contributed by atoms with E-state index in [0.717, 1.165) is 5.00 Å². The summed E-state index contributed by atoms with van der Waals surface area (Å²) < 4.78 is 5.29. The summed E-state index contributed by atoms with van der Waals surface area (Å²) in [7, 11) is 0. The minimum Gasteiger partial charge on any atom is -0.365 e. The molecule has 1 amide bonds. The number of morpholine rings is 1. The number of carbonyl (C=O) groups is 1. The van der Waals surface area contributed by atoms with Gasteiger partial charge in [-0.15, -0.1) is 11.3 Å². The van der Waals surface area contributed by atoms with Gasteiger partial charge in [-0.25, -0.2) is 0 Å². The van der Waals surface area contributed by atoms with Gasteiger partial charge in [-0.3, -0.25) is 9.69 Å². The Balaban J connectivity index is 2.15. The van der Waals surface area contributed by atoms with Crippen LogP contribution in [0, 0.1) is 6.92 Å². The zero-order chi connectivity index (χ0) is 10.8. The van der Waals surface area contributed by atoms with E-state index in [1.165, 1.54) is 4.88 Å². The Kier molecular flexibility index (Phi) is 3.04. The number of aryl methyl sites for hydroxylation is 1. The Morgan fingerprint density at radius 3 is 3.07 bits per heavy atom. The third-order valence-corrected chi connectivity index (χ3v) is 3.41. The molecule has 0 radical (unpaired) electrons. The summed E-state index contributed by atoms with van der Waals surface area (Å²) in [5.41, 5.74) is 5.53. The molecule has 1 aromatic heterocycles. The van der Waals surface area contributed by atoms with Crippen LogP contribution >= 0.6 is 11.3 Å². The van der Waals surface area contributed by atoms with Gasteiger partial charge in [-0.2, -0.15) is 0 Å². The van der Waals surface area contributed by atoms with Crippen LogP contribution in [0.5, 0.6) is 0 Å². The maximum absolute atomic E-state index is 11.6. The SMILES string of the molecule is Cc1ccc(N2CC(CN)OCC2=O)s1. The number of thiophene rings is 1. The summed E-state index contributed by atoms with van der Waals surface area (Å²) in [5.74, 6) is 0.0153. The molecule has 4 nitrogen and oxygen atoms in total. The first kappa shape index (κ1) is 10.6. The molecular formula is C10H14N2O2S. The van der Waals surface area contributed by atoms with Crippen LogP contribution in [-0.4, -0.2) is 31.7 Å². The first-order valence-corrected chi connectivity index (χ1v) is 5.71. The maximum Gasteiger partial charge on any atom is 0.253 e. The number of hydrogen-bond donors (Lipinski definition) is 1. The Labute approximate surface area is 92.6 Å². The highest BCUT2D eigenvalue weighted by Crippen LogP contribution is 2.27. The van der Waals surface area contributed by atoms with E-state index in [2.05, 4.69) is 0 Å². The Morgan fingerprint density at radius 2 is 2.47 bits per heavy atom. The molecule has 1 aliphatic heterocycles. The third kappa shape index (κ3) is 2.19. The molecule has 0 aromatic carbocycles. The van der Waals surface area contributed by atoms with Crippen molar-refractivity contribution in [2.75, 3.05) is 24.6 Å². The van der Waals surface area contributed by atoms with Crippen molar-refractivity contribution in [3.63, 3.8) is 0 Å². The molecule has 15 heavy (non-hydrogen) atoms. The van der Waals surface area contributed by atoms with Gasteiger partial charge in [0, 0.05) is 11.4 Å². The van der Waals surface area contributed by atoms with Gasteiger partial charge < -0.3 is 10.5 Å². The smallest absolute Gasteiger partial charge is 0.253 e. The Bertz CT molecular complexity index is 364. The van der Waals surface area contributed by atoms with E-state index in [1.807, 2.05) is 19.1 Å². The number of nitrogens with zero attached hydrogens (tertiary/aromatic N) is 1. The van der Waals surface area contributed by atoms with E-state index in [9.17, 15) is 4.79 Å². The molecule has 1 atom stereocenters. The van der Waals surface area contributed by atoms with Crippen molar-refractivity contribution >= 4 is 22.2 Å². The fourth-order valence-corrected chi connectivity index (χ4v) is 2.44. The Morgan fingerprint density at radius 1 is 1.67 bits per heavy atom. The van der Waals surface area contributed by atoms with Gasteiger partial charge in [0.2, 0.25) is 0 Å². The van der Waals surface area contributed by atoms with Crippen molar-refractivity contribution in [3.8, 4) is 0 Å². The highest BCUT2D eigenvalue weighted by molar-refractivity contribution is 7.16. The predicted molar refractivity (Wildman–Crippen MR) is 60.2 cm³/mol. The lowest BCUT2D eigenvalue weighted by Gasteiger charge is -2.31. The van der Waals surface area contributed by atoms with Crippen LogP contribution in [0.25, 0.3) is 0 Å². The first-order valence-electron chi connectivity index (χ1n) is 4.89. The lowest BCUT2D eigenvalue weighted by Crippen LogP contribution is -2.49. The maximum atomic E-state index is 11.6. The summed E-state index contributed by atoms with van der Waals surface area (Å²) >= 11 is 1.62. The molecule has 1 fully saturated rings. The van der Waals surface area contributed by atoms with E-state index >= 15 is 0 Å². The summed E-state index contributed by atoms with van der Waals surface area (Å²) in [4.78, 5) is 14.6. The fourth-order valence-electron chi connectivity index (χ4n) is 1.55. The number of carbonyl (C=O) groups excluding carboxylic acids is 1. The monoisotopic (exact) mass is 226 g/mol. The number of anilines is 1. The highest BCUT2D eigenvalue weighted by Gasteiger charge is 2.27. The lowest BCUT2D eigenvalue weighted by atomic mass is 10.2. The summed E-state index contributed by atoms with van der Waals surface area (Å²) in [6.45, 7) is 3.18. The van der Waals surface area contributed by atoms with Crippen LogP contribution in [-0.2, 0) is 9.53 Å². The largest absolute Gasteiger partial charge is 0.365 e. The minimum atomic E-state index is -0.0369. The normalized spacial score (nSPS) is 22.1. The van der Waals surface area contributed by atoms with Crippen molar-refractivity contribution in [1.82, 2.24) is 0 Å². The second kappa shape index (κ2) is 4.30. The van der Waals surface area contributed by atoms with Crippen LogP contribution in [0.4, 0.5) is 5.00 Å². The molecule has 1 saturated heterocycles. The molecule has 2 heterocycles. The average Bonchev–Trinajstić information content (AvgIpc) is 2.65. The van der Waals surface area contributed by atoms with Crippen molar-refractivity contribution in [2.24, 2.45) is 5.73 Å². The number of nitrogens with two attached hydrogens (primary N) is 1. The van der Waals surface area contributed by atoms with Gasteiger partial charge in [-0.1, -0.05) is 0 Å². The third-order valence-electron chi connectivity index (χ3n) is 2.38. The second-order valence-corrected chi connectivity index (χ2v) is 4.82. The standard InChI is InChI=1S/C10H14N2O2S/c1-7-2-3-10(15-7)12-5-8(4-11)14-6-9(12)13/h2-3,8H,4-6,11H2,1H3. The molecular weight excluding hydrogens is 212 g/mol. The minimum absolute atomic E-state index is 0.0153. The first-order chi connectivity index (χ1) is 7.20. The molecule has 2 rings (SSSR count). The van der Waals surface area contributed by atoms with E-state index in [4.69, 9.17) is 10.5 Å². The molecule has 0 spiro atoms. The Hall–Kier alpha value is -0.910. The molecule has 82 valence electrons. The second-order valence-electron chi connectivity index (χ2n) is 3.56. The lowest BCUT2D eigenvalue weighted by molar-refractivity contribution is -0.128. The van der Waals surface area contributed by atoms with Crippen LogP contribution < -0.4 is 10.6 Å². The van der Waals surface area contributed by atoms with Crippen molar-refractivity contribution in [2.45, 2.75) is 13.0 Å². The van der Waals surface area contributed by atoms with E-state index < -0.39 is 0 Å². The summed E-state index contributed by atoms with van der Waals surface area (Å²) in [6, 6.07) is 3.98. The van der Waals surface area contributed by atoms with Crippen LogP contribution in [0.15, 0.2) is 12.1 Å². The van der Waals surface area contributed by atoms with Gasteiger partial charge >= 0.3 is 0 Å². The van der Waals surface area contributed by atoms with Gasteiger partial charge in [0.1, 0.15) is 6.61 Å². The molecule has 0 aliphatic carbocycles. The molecule has 5 heteroatoms. The van der Waals surface area contributed by atoms with Crippen molar-refractivity contribution < 1.29 is 9.53 Å². The van der Waals surface area contributed by atoms with Crippen LogP contribution in [0.3, 0.4) is 0 Å². The predicted octanol–water partition coefficient (Wildman–Crippen LogP) is 0.747. The fraction of sp³-hybridized carbons (Fsp3) is 0.500. The number of ether oxygens (including phenoxy) is 1. The number of rotatable bonds is 2. The molecule has 2 N–H and O–H groups in total. The van der Waals surface area contributed by atoms with E-state index in [0.29, 0.717) is 13.1 Å². The van der Waals surface area contributed by atoms with E-state index in [-0.39, 0.29) is 18.6 Å². The molecule has 1 aromatic rings. The van der Waals surface area contributed by atoms with Crippen LogP contribution in [0.1, 0.15) is 4.88 Å². The molecule has 1 unspecified atom stereocenters. The summed E-state index contributed by atoms with van der Waals surface area (Å²) in [6.07, 6.45) is -0.0369. The van der Waals surface area contributed by atoms with Crippen molar-refractivity contribution in [1.29, 1.82) is 0 Å². The van der Waals surface area contributed by atoms with Gasteiger partial charge in [0.05, 0.1) is 17.6 Å². The number of amides is 1. The topological polar surface area (TPSA) is 55.6 Å². The summed E-state index contributed by atoms with van der Waals surface area (Å²) in [5, 5.41) is 0.985. The average molecular weight is 226 g/mol. The molecule has 0 saturated carbocycles. The number of hydrogen-bond acceptors (Lipinski definition) is 4. The quantitative estimate of drug-likeness (QED) is 0.809. The van der Waals surface area contributed by atoms with Crippen LogP contribution in [0.2, 0.25) is 0 Å². The van der Waals surface area contributed by atoms with Gasteiger partial charge in [-0.05, 0) is 19.1 Å². The highest BCUT2D eigenvalue weighted by atomic mass is 32.1. The zero-order valence-corrected chi connectivity index (χ0v) is 9.42. The van der Waals surface area contributed by atoms with Gasteiger partial charge in [0.15, 0.2) is 0 Å². The van der Waals surface area contributed by atoms with Gasteiger partial charge in [0.25, 0.3) is 5.91 Å². The van der Waals surface area contributed by atoms with Crippen molar-refractivity contribution in [3.05, 3.63) is 17.0 Å². The zero-order valence-electron chi connectivity index (χ0n) is 8.60. The van der Waals surface area contributed by atoms with E-state index in [1.54, 1.807) is 16.2 Å².